The monoisotopic (exact) mass is 358 g/mol. The lowest BCUT2D eigenvalue weighted by molar-refractivity contribution is -0.127. The van der Waals surface area contributed by atoms with Crippen molar-refractivity contribution in [2.75, 3.05) is 31.8 Å². The Bertz CT molecular complexity index is 721. The van der Waals surface area contributed by atoms with Crippen molar-refractivity contribution in [2.24, 2.45) is 0 Å². The molecule has 0 saturated heterocycles. The Morgan fingerprint density at radius 1 is 1.00 bits per heavy atom. The van der Waals surface area contributed by atoms with Gasteiger partial charge in [-0.1, -0.05) is 23.9 Å². The summed E-state index contributed by atoms with van der Waals surface area (Å²) in [6.07, 6.45) is 0. The van der Waals surface area contributed by atoms with Crippen molar-refractivity contribution >= 4 is 23.4 Å². The highest BCUT2D eigenvalue weighted by molar-refractivity contribution is 7.99. The van der Waals surface area contributed by atoms with Crippen molar-refractivity contribution in [3.05, 3.63) is 46.8 Å². The lowest BCUT2D eigenvalue weighted by Gasteiger charge is -2.18. The van der Waals surface area contributed by atoms with Crippen LogP contribution < -0.4 is 4.90 Å². The molecule has 1 amide bonds. The molecule has 0 bridgehead atoms. The Kier molecular flexibility index (Phi) is 6.42. The Labute approximate surface area is 154 Å². The molecule has 0 radical (unpaired) electrons. The van der Waals surface area contributed by atoms with E-state index in [1.165, 1.54) is 11.8 Å². The fourth-order valence-electron chi connectivity index (χ4n) is 2.30. The summed E-state index contributed by atoms with van der Waals surface area (Å²) in [5.74, 6) is 0.412. The van der Waals surface area contributed by atoms with Crippen LogP contribution in [0.2, 0.25) is 0 Å². The molecule has 2 rings (SSSR count). The van der Waals surface area contributed by atoms with Gasteiger partial charge < -0.3 is 9.80 Å². The van der Waals surface area contributed by atoms with Crippen molar-refractivity contribution in [1.82, 2.24) is 14.9 Å². The van der Waals surface area contributed by atoms with E-state index in [4.69, 9.17) is 0 Å². The summed E-state index contributed by atoms with van der Waals surface area (Å²) in [5.41, 5.74) is 5.31. The van der Waals surface area contributed by atoms with Crippen molar-refractivity contribution in [3.8, 4) is 0 Å². The first kappa shape index (κ1) is 19.2. The van der Waals surface area contributed by atoms with Crippen LogP contribution in [-0.4, -0.2) is 47.7 Å². The topological polar surface area (TPSA) is 49.3 Å². The van der Waals surface area contributed by atoms with Crippen LogP contribution in [0.3, 0.4) is 0 Å². The zero-order valence-corrected chi connectivity index (χ0v) is 16.6. The van der Waals surface area contributed by atoms with Crippen LogP contribution in [0.4, 0.5) is 5.69 Å². The number of benzene rings is 1. The number of thioether (sulfide) groups is 1. The molecule has 0 atom stereocenters. The lowest BCUT2D eigenvalue weighted by atomic mass is 10.2. The number of amides is 1. The smallest absolute Gasteiger partial charge is 0.233 e. The highest BCUT2D eigenvalue weighted by Gasteiger charge is 2.12. The maximum absolute atomic E-state index is 12.4. The minimum atomic E-state index is 0.0705. The second kappa shape index (κ2) is 8.34. The molecule has 25 heavy (non-hydrogen) atoms. The molecule has 0 unspecified atom stereocenters. The summed E-state index contributed by atoms with van der Waals surface area (Å²) in [7, 11) is 5.85. The van der Waals surface area contributed by atoms with E-state index in [1.807, 2.05) is 41.9 Å². The summed E-state index contributed by atoms with van der Waals surface area (Å²) in [6.45, 7) is 6.55. The summed E-state index contributed by atoms with van der Waals surface area (Å²) in [6, 6.07) is 8.24. The highest BCUT2D eigenvalue weighted by Crippen LogP contribution is 2.18. The first-order valence-electron chi connectivity index (χ1n) is 8.22. The standard InChI is InChI=1S/C19H26N4OS/c1-13-14(2)20-19(21-15(13)3)25-12-18(24)23(6)11-16-7-9-17(10-8-16)22(4)5/h7-10H,11-12H2,1-6H3. The van der Waals surface area contributed by atoms with Gasteiger partial charge in [0, 0.05) is 44.8 Å². The van der Waals surface area contributed by atoms with Crippen LogP contribution in [0.15, 0.2) is 29.4 Å². The van der Waals surface area contributed by atoms with Crippen LogP contribution in [0.5, 0.6) is 0 Å². The number of aromatic nitrogens is 2. The summed E-state index contributed by atoms with van der Waals surface area (Å²) >= 11 is 1.39. The van der Waals surface area contributed by atoms with Gasteiger partial charge in [0.1, 0.15) is 0 Å². The number of aryl methyl sites for hydroxylation is 2. The number of hydrogen-bond acceptors (Lipinski definition) is 5. The Morgan fingerprint density at radius 3 is 2.08 bits per heavy atom. The molecular formula is C19H26N4OS. The number of anilines is 1. The van der Waals surface area contributed by atoms with E-state index in [-0.39, 0.29) is 5.91 Å². The molecule has 1 heterocycles. The van der Waals surface area contributed by atoms with Gasteiger partial charge >= 0.3 is 0 Å². The molecule has 0 aliphatic rings. The van der Waals surface area contributed by atoms with Gasteiger partial charge in [-0.3, -0.25) is 4.79 Å². The number of nitrogens with zero attached hydrogens (tertiary/aromatic N) is 4. The zero-order valence-electron chi connectivity index (χ0n) is 15.8. The quantitative estimate of drug-likeness (QED) is 0.586. The average Bonchev–Trinajstić information content (AvgIpc) is 2.57. The van der Waals surface area contributed by atoms with Crippen LogP contribution in [0.25, 0.3) is 0 Å². The fraction of sp³-hybridized carbons (Fsp3) is 0.421. The Morgan fingerprint density at radius 2 is 1.56 bits per heavy atom. The molecule has 2 aromatic rings. The summed E-state index contributed by atoms with van der Waals surface area (Å²) < 4.78 is 0. The minimum absolute atomic E-state index is 0.0705. The van der Waals surface area contributed by atoms with Crippen molar-refractivity contribution in [1.29, 1.82) is 0 Å². The molecule has 0 saturated carbocycles. The van der Waals surface area contributed by atoms with Gasteiger partial charge in [0.15, 0.2) is 5.16 Å². The lowest BCUT2D eigenvalue weighted by Crippen LogP contribution is -2.27. The summed E-state index contributed by atoms with van der Waals surface area (Å²) in [5, 5.41) is 0.665. The zero-order chi connectivity index (χ0) is 18.6. The predicted molar refractivity (Wildman–Crippen MR) is 104 cm³/mol. The van der Waals surface area contributed by atoms with Crippen molar-refractivity contribution < 1.29 is 4.79 Å². The maximum Gasteiger partial charge on any atom is 0.233 e. The fourth-order valence-corrected chi connectivity index (χ4v) is 3.18. The van der Waals surface area contributed by atoms with Crippen molar-refractivity contribution in [2.45, 2.75) is 32.5 Å². The first-order valence-corrected chi connectivity index (χ1v) is 9.21. The third-order valence-corrected chi connectivity index (χ3v) is 5.07. The first-order chi connectivity index (χ1) is 11.8. The Balaban J connectivity index is 1.92. The molecule has 134 valence electrons. The van der Waals surface area contributed by atoms with Crippen molar-refractivity contribution in [3.63, 3.8) is 0 Å². The number of carbonyl (C=O) groups excluding carboxylic acids is 1. The number of carbonyl (C=O) groups is 1. The second-order valence-electron chi connectivity index (χ2n) is 6.40. The van der Waals surface area contributed by atoms with Gasteiger partial charge in [-0.15, -0.1) is 0 Å². The van der Waals surface area contributed by atoms with Crippen LogP contribution in [0, 0.1) is 20.8 Å². The molecule has 5 nitrogen and oxygen atoms in total. The molecule has 0 fully saturated rings. The van der Waals surface area contributed by atoms with Crippen LogP contribution >= 0.6 is 11.8 Å². The molecule has 0 aliphatic heterocycles. The number of hydrogen-bond donors (Lipinski definition) is 0. The third-order valence-electron chi connectivity index (χ3n) is 4.24. The molecule has 1 aromatic heterocycles. The third kappa shape index (κ3) is 5.19. The SMILES string of the molecule is Cc1nc(SCC(=O)N(C)Cc2ccc(N(C)C)cc2)nc(C)c1C. The van der Waals surface area contributed by atoms with Crippen LogP contribution in [-0.2, 0) is 11.3 Å². The Hall–Kier alpha value is -2.08. The van der Waals surface area contributed by atoms with E-state index in [2.05, 4.69) is 39.1 Å². The van der Waals surface area contributed by atoms with Gasteiger partial charge in [-0.25, -0.2) is 9.97 Å². The van der Waals surface area contributed by atoms with E-state index < -0.39 is 0 Å². The van der Waals surface area contributed by atoms with Gasteiger partial charge in [-0.05, 0) is 44.0 Å². The van der Waals surface area contributed by atoms with E-state index >= 15 is 0 Å². The maximum atomic E-state index is 12.4. The molecular weight excluding hydrogens is 332 g/mol. The van der Waals surface area contributed by atoms with E-state index in [1.54, 1.807) is 4.90 Å². The summed E-state index contributed by atoms with van der Waals surface area (Å²) in [4.78, 5) is 25.1. The van der Waals surface area contributed by atoms with Gasteiger partial charge in [-0.2, -0.15) is 0 Å². The largest absolute Gasteiger partial charge is 0.378 e. The highest BCUT2D eigenvalue weighted by atomic mass is 32.2. The average molecular weight is 359 g/mol. The molecule has 0 aliphatic carbocycles. The van der Waals surface area contributed by atoms with E-state index in [0.717, 1.165) is 28.2 Å². The van der Waals surface area contributed by atoms with Gasteiger partial charge in [0.2, 0.25) is 5.91 Å². The van der Waals surface area contributed by atoms with E-state index in [0.29, 0.717) is 17.5 Å². The second-order valence-corrected chi connectivity index (χ2v) is 7.34. The normalized spacial score (nSPS) is 10.6. The van der Waals surface area contributed by atoms with Crippen LogP contribution in [0.1, 0.15) is 22.5 Å². The minimum Gasteiger partial charge on any atom is -0.378 e. The molecule has 6 heteroatoms. The predicted octanol–water partition coefficient (Wildman–Crippen LogP) is 3.22. The molecule has 0 N–H and O–H groups in total. The van der Waals surface area contributed by atoms with E-state index in [9.17, 15) is 4.79 Å². The van der Waals surface area contributed by atoms with Gasteiger partial charge in [0.05, 0.1) is 5.75 Å². The molecule has 1 aromatic carbocycles. The van der Waals surface area contributed by atoms with Gasteiger partial charge in [0.25, 0.3) is 0 Å². The number of rotatable bonds is 6. The molecule has 0 spiro atoms.